The molecule has 1 aliphatic heterocycles. The van der Waals surface area contributed by atoms with Crippen molar-refractivity contribution in [1.29, 1.82) is 0 Å². The van der Waals surface area contributed by atoms with Crippen molar-refractivity contribution in [1.82, 2.24) is 4.57 Å². The van der Waals surface area contributed by atoms with Gasteiger partial charge in [0.25, 0.3) is 0 Å². The zero-order valence-electron chi connectivity index (χ0n) is 9.98. The third-order valence-corrected chi connectivity index (χ3v) is 3.23. The van der Waals surface area contributed by atoms with E-state index in [4.69, 9.17) is 0 Å². The molecule has 0 fully saturated rings. The maximum atomic E-state index is 4.16. The van der Waals surface area contributed by atoms with Crippen LogP contribution in [0.25, 0.3) is 17.3 Å². The molecule has 17 heavy (non-hydrogen) atoms. The van der Waals surface area contributed by atoms with Gasteiger partial charge in [0.05, 0.1) is 0 Å². The fraction of sp³-hybridized carbons (Fsp3) is 0.125. The molecule has 1 heteroatoms. The van der Waals surface area contributed by atoms with Crippen LogP contribution in [0.15, 0.2) is 49.2 Å². The van der Waals surface area contributed by atoms with Gasteiger partial charge in [-0.3, -0.25) is 0 Å². The van der Waals surface area contributed by atoms with Crippen LogP contribution in [-0.4, -0.2) is 4.57 Å². The van der Waals surface area contributed by atoms with Gasteiger partial charge in [0.2, 0.25) is 0 Å². The van der Waals surface area contributed by atoms with Crippen molar-refractivity contribution < 1.29 is 0 Å². The van der Waals surface area contributed by atoms with Crippen LogP contribution in [0, 0.1) is 6.92 Å². The Morgan fingerprint density at radius 3 is 2.88 bits per heavy atom. The van der Waals surface area contributed by atoms with Crippen LogP contribution in [0.5, 0.6) is 0 Å². The number of aryl methyl sites for hydroxylation is 1. The smallest absolute Gasteiger partial charge is 0.0479 e. The highest BCUT2D eigenvalue weighted by Crippen LogP contribution is 2.33. The van der Waals surface area contributed by atoms with Crippen molar-refractivity contribution in [3.8, 4) is 0 Å². The standard InChI is InChI=1S/C16H15N/c1-12-5-3-6-14(9-12)15-10-13(2)16-7-4-8-17(16)11-15/h3-9,11H,2,10H2,1H3. The molecule has 0 atom stereocenters. The lowest BCUT2D eigenvalue weighted by Crippen LogP contribution is -2.01. The summed E-state index contributed by atoms with van der Waals surface area (Å²) in [4.78, 5) is 0. The Kier molecular flexibility index (Phi) is 2.25. The fourth-order valence-corrected chi connectivity index (χ4v) is 2.36. The van der Waals surface area contributed by atoms with Crippen molar-refractivity contribution in [2.24, 2.45) is 0 Å². The summed E-state index contributed by atoms with van der Waals surface area (Å²) in [5.41, 5.74) is 6.34. The second-order valence-corrected chi connectivity index (χ2v) is 4.60. The van der Waals surface area contributed by atoms with E-state index in [1.54, 1.807) is 0 Å². The molecule has 0 unspecified atom stereocenters. The maximum absolute atomic E-state index is 4.16. The summed E-state index contributed by atoms with van der Waals surface area (Å²) < 4.78 is 2.16. The predicted octanol–water partition coefficient (Wildman–Crippen LogP) is 4.21. The Labute approximate surface area is 102 Å². The number of fused-ring (bicyclic) bond motifs is 1. The van der Waals surface area contributed by atoms with Gasteiger partial charge >= 0.3 is 0 Å². The third-order valence-electron chi connectivity index (χ3n) is 3.23. The van der Waals surface area contributed by atoms with Crippen molar-refractivity contribution in [2.75, 3.05) is 0 Å². The SMILES string of the molecule is C=C1CC(c2cccc(C)c2)=Cn2cccc21. The zero-order chi connectivity index (χ0) is 11.8. The number of hydrogen-bond acceptors (Lipinski definition) is 0. The highest BCUT2D eigenvalue weighted by molar-refractivity contribution is 5.88. The van der Waals surface area contributed by atoms with Crippen LogP contribution < -0.4 is 0 Å². The first-order valence-corrected chi connectivity index (χ1v) is 5.87. The van der Waals surface area contributed by atoms with Gasteiger partial charge in [0, 0.05) is 24.5 Å². The summed E-state index contributed by atoms with van der Waals surface area (Å²) in [6, 6.07) is 12.8. The van der Waals surface area contributed by atoms with E-state index < -0.39 is 0 Å². The lowest BCUT2D eigenvalue weighted by Gasteiger charge is -2.18. The van der Waals surface area contributed by atoms with Crippen molar-refractivity contribution in [3.05, 3.63) is 66.0 Å². The Hall–Kier alpha value is -2.02. The first-order valence-electron chi connectivity index (χ1n) is 5.87. The molecule has 0 saturated heterocycles. The molecule has 0 N–H and O–H groups in total. The molecule has 1 aliphatic rings. The largest absolute Gasteiger partial charge is 0.323 e. The molecule has 1 aromatic heterocycles. The molecule has 84 valence electrons. The molecule has 2 heterocycles. The monoisotopic (exact) mass is 221 g/mol. The summed E-state index contributed by atoms with van der Waals surface area (Å²) >= 11 is 0. The molecular weight excluding hydrogens is 206 g/mol. The highest BCUT2D eigenvalue weighted by Gasteiger charge is 2.14. The van der Waals surface area contributed by atoms with Crippen LogP contribution in [0.4, 0.5) is 0 Å². The fourth-order valence-electron chi connectivity index (χ4n) is 2.36. The quantitative estimate of drug-likeness (QED) is 0.679. The van der Waals surface area contributed by atoms with E-state index in [-0.39, 0.29) is 0 Å². The molecule has 0 saturated carbocycles. The maximum Gasteiger partial charge on any atom is 0.0479 e. The Balaban J connectivity index is 2.10. The van der Waals surface area contributed by atoms with Gasteiger partial charge in [-0.2, -0.15) is 0 Å². The normalized spacial score (nSPS) is 14.4. The zero-order valence-corrected chi connectivity index (χ0v) is 9.98. The number of allylic oxidation sites excluding steroid dienone is 2. The van der Waals surface area contributed by atoms with Crippen LogP contribution >= 0.6 is 0 Å². The van der Waals surface area contributed by atoms with Gasteiger partial charge in [-0.05, 0) is 35.8 Å². The van der Waals surface area contributed by atoms with E-state index in [0.29, 0.717) is 0 Å². The number of rotatable bonds is 1. The van der Waals surface area contributed by atoms with E-state index in [9.17, 15) is 0 Å². The Bertz CT molecular complexity index is 614. The lowest BCUT2D eigenvalue weighted by atomic mass is 9.95. The predicted molar refractivity (Wildman–Crippen MR) is 73.4 cm³/mol. The molecular formula is C16H15N. The van der Waals surface area contributed by atoms with Gasteiger partial charge in [-0.25, -0.2) is 0 Å². The third kappa shape index (κ3) is 1.74. The van der Waals surface area contributed by atoms with Gasteiger partial charge in [0.15, 0.2) is 0 Å². The number of nitrogens with zero attached hydrogens (tertiary/aromatic N) is 1. The second kappa shape index (κ2) is 3.77. The van der Waals surface area contributed by atoms with Gasteiger partial charge < -0.3 is 4.57 Å². The molecule has 0 amide bonds. The van der Waals surface area contributed by atoms with Crippen LogP contribution in [0.1, 0.15) is 23.2 Å². The first kappa shape index (κ1) is 10.2. The van der Waals surface area contributed by atoms with E-state index >= 15 is 0 Å². The summed E-state index contributed by atoms with van der Waals surface area (Å²) in [5.74, 6) is 0. The summed E-state index contributed by atoms with van der Waals surface area (Å²) in [5, 5.41) is 0. The average Bonchev–Trinajstić information content (AvgIpc) is 2.77. The molecule has 3 rings (SSSR count). The minimum absolute atomic E-state index is 0.938. The van der Waals surface area contributed by atoms with Crippen LogP contribution in [0.3, 0.4) is 0 Å². The minimum Gasteiger partial charge on any atom is -0.323 e. The van der Waals surface area contributed by atoms with Crippen LogP contribution in [0.2, 0.25) is 0 Å². The summed E-state index contributed by atoms with van der Waals surface area (Å²) in [7, 11) is 0. The van der Waals surface area contributed by atoms with E-state index in [1.165, 1.54) is 28.0 Å². The first-order chi connectivity index (χ1) is 8.24. The molecule has 2 aromatic rings. The van der Waals surface area contributed by atoms with Crippen molar-refractivity contribution in [3.63, 3.8) is 0 Å². The van der Waals surface area contributed by atoms with Crippen molar-refractivity contribution in [2.45, 2.75) is 13.3 Å². The minimum atomic E-state index is 0.938. The summed E-state index contributed by atoms with van der Waals surface area (Å²) in [6.07, 6.45) is 5.22. The Morgan fingerprint density at radius 1 is 1.18 bits per heavy atom. The van der Waals surface area contributed by atoms with Gasteiger partial charge in [-0.15, -0.1) is 0 Å². The van der Waals surface area contributed by atoms with Crippen LogP contribution in [-0.2, 0) is 0 Å². The van der Waals surface area contributed by atoms with E-state index in [2.05, 4.69) is 66.9 Å². The van der Waals surface area contributed by atoms with E-state index in [1.807, 2.05) is 0 Å². The molecule has 0 radical (unpaired) electrons. The molecule has 1 aromatic carbocycles. The summed E-state index contributed by atoms with van der Waals surface area (Å²) in [6.45, 7) is 6.29. The average molecular weight is 221 g/mol. The molecule has 0 aliphatic carbocycles. The van der Waals surface area contributed by atoms with Gasteiger partial charge in [0.1, 0.15) is 0 Å². The second-order valence-electron chi connectivity index (χ2n) is 4.60. The van der Waals surface area contributed by atoms with Gasteiger partial charge in [-0.1, -0.05) is 36.4 Å². The molecule has 0 bridgehead atoms. The van der Waals surface area contributed by atoms with Crippen molar-refractivity contribution >= 4 is 17.3 Å². The number of hydrogen-bond donors (Lipinski definition) is 0. The Morgan fingerprint density at radius 2 is 2.06 bits per heavy atom. The highest BCUT2D eigenvalue weighted by atomic mass is 15.0. The topological polar surface area (TPSA) is 4.93 Å². The van der Waals surface area contributed by atoms with E-state index in [0.717, 1.165) is 6.42 Å². The number of benzene rings is 1. The number of aromatic nitrogens is 1. The molecule has 0 spiro atoms. The molecule has 1 nitrogen and oxygen atoms in total. The lowest BCUT2D eigenvalue weighted by molar-refractivity contribution is 1.09.